The summed E-state index contributed by atoms with van der Waals surface area (Å²) < 4.78 is 7.25. The van der Waals surface area contributed by atoms with Crippen LogP contribution in [0.2, 0.25) is 0 Å². The molecule has 10 heteroatoms. The fraction of sp³-hybridized carbons (Fsp3) is 0.381. The molecular weight excluding hydrogens is 416 g/mol. The van der Waals surface area contributed by atoms with Crippen molar-refractivity contribution in [1.82, 2.24) is 25.1 Å². The van der Waals surface area contributed by atoms with Gasteiger partial charge in [0, 0.05) is 19.2 Å². The van der Waals surface area contributed by atoms with Gasteiger partial charge in [0.15, 0.2) is 0 Å². The van der Waals surface area contributed by atoms with Gasteiger partial charge in [0.2, 0.25) is 11.0 Å². The van der Waals surface area contributed by atoms with Crippen LogP contribution in [0.5, 0.6) is 0 Å². The number of ether oxygens (including phenoxy) is 1. The zero-order chi connectivity index (χ0) is 22.4. The normalized spacial score (nSPS) is 12.3. The van der Waals surface area contributed by atoms with Crippen LogP contribution < -0.4 is 10.6 Å². The van der Waals surface area contributed by atoms with E-state index >= 15 is 0 Å². The smallest absolute Gasteiger partial charge is 0.408 e. The van der Waals surface area contributed by atoms with E-state index in [9.17, 15) is 9.59 Å². The highest BCUT2D eigenvalue weighted by atomic mass is 32.1. The Balaban J connectivity index is 1.71. The number of hydrogen-bond donors (Lipinski definition) is 2. The molecule has 0 unspecified atom stereocenters. The molecule has 1 aromatic carbocycles. The van der Waals surface area contributed by atoms with Gasteiger partial charge in [-0.1, -0.05) is 41.7 Å². The number of hydrogen-bond acceptors (Lipinski definition) is 7. The monoisotopic (exact) mass is 442 g/mol. The van der Waals surface area contributed by atoms with Crippen molar-refractivity contribution >= 4 is 28.5 Å². The number of amides is 2. The van der Waals surface area contributed by atoms with Crippen molar-refractivity contribution in [3.05, 3.63) is 59.1 Å². The van der Waals surface area contributed by atoms with Gasteiger partial charge in [0.1, 0.15) is 16.7 Å². The third-order valence-corrected chi connectivity index (χ3v) is 4.83. The first-order valence-electron chi connectivity index (χ1n) is 9.83. The van der Waals surface area contributed by atoms with E-state index in [-0.39, 0.29) is 6.42 Å². The maximum Gasteiger partial charge on any atom is 0.408 e. The van der Waals surface area contributed by atoms with Crippen LogP contribution in [0, 0.1) is 6.92 Å². The average molecular weight is 443 g/mol. The molecule has 0 saturated carbocycles. The summed E-state index contributed by atoms with van der Waals surface area (Å²) in [7, 11) is 0. The number of benzene rings is 1. The van der Waals surface area contributed by atoms with E-state index in [0.717, 1.165) is 10.6 Å². The van der Waals surface area contributed by atoms with Crippen LogP contribution in [0.25, 0.3) is 0 Å². The molecule has 2 N–H and O–H groups in total. The molecule has 2 heterocycles. The second kappa shape index (κ2) is 9.69. The van der Waals surface area contributed by atoms with E-state index in [1.54, 1.807) is 34.0 Å². The van der Waals surface area contributed by atoms with Gasteiger partial charge in [-0.05, 0) is 33.3 Å². The van der Waals surface area contributed by atoms with Crippen molar-refractivity contribution in [2.24, 2.45) is 0 Å². The summed E-state index contributed by atoms with van der Waals surface area (Å²) in [6.07, 6.45) is 3.09. The fourth-order valence-electron chi connectivity index (χ4n) is 2.80. The van der Waals surface area contributed by atoms with E-state index in [2.05, 4.69) is 25.8 Å². The van der Waals surface area contributed by atoms with Crippen LogP contribution in [0.15, 0.2) is 42.9 Å². The molecule has 9 nitrogen and oxygen atoms in total. The highest BCUT2D eigenvalue weighted by Gasteiger charge is 2.26. The Labute approximate surface area is 184 Å². The number of aromatic nitrogens is 4. The molecule has 1 atom stereocenters. The summed E-state index contributed by atoms with van der Waals surface area (Å²) >= 11 is 1.26. The number of rotatable bonds is 7. The Morgan fingerprint density at radius 1 is 1.19 bits per heavy atom. The first kappa shape index (κ1) is 22.4. The lowest BCUT2D eigenvalue weighted by molar-refractivity contribution is -0.118. The number of nitrogens with one attached hydrogen (secondary N) is 2. The number of alkyl carbamates (subject to hydrolysis) is 1. The molecule has 0 fully saturated rings. The van der Waals surface area contributed by atoms with Gasteiger partial charge >= 0.3 is 6.09 Å². The second-order valence-electron chi connectivity index (χ2n) is 8.04. The second-order valence-corrected chi connectivity index (χ2v) is 9.22. The molecule has 0 saturated heterocycles. The SMILES string of the molecule is Cc1nnc(NC(=O)[C@H](Cc2cn(Cc3ccccc3)cn2)NC(=O)OC(C)(C)C)s1. The van der Waals surface area contributed by atoms with E-state index in [1.807, 2.05) is 41.1 Å². The molecule has 31 heavy (non-hydrogen) atoms. The van der Waals surface area contributed by atoms with Crippen LogP contribution in [-0.4, -0.2) is 43.4 Å². The van der Waals surface area contributed by atoms with Crippen molar-refractivity contribution in [1.29, 1.82) is 0 Å². The van der Waals surface area contributed by atoms with Gasteiger partial charge in [-0.15, -0.1) is 10.2 Å². The summed E-state index contributed by atoms with van der Waals surface area (Å²) in [6.45, 7) is 7.74. The maximum absolute atomic E-state index is 12.8. The Hall–Kier alpha value is -3.27. The van der Waals surface area contributed by atoms with E-state index < -0.39 is 23.6 Å². The van der Waals surface area contributed by atoms with Crippen molar-refractivity contribution < 1.29 is 14.3 Å². The third-order valence-electron chi connectivity index (χ3n) is 4.07. The summed E-state index contributed by atoms with van der Waals surface area (Å²) in [6, 6.07) is 9.10. The summed E-state index contributed by atoms with van der Waals surface area (Å²) in [5.41, 5.74) is 1.12. The molecule has 3 aromatic rings. The van der Waals surface area contributed by atoms with E-state index in [1.165, 1.54) is 11.3 Å². The molecule has 0 spiro atoms. The van der Waals surface area contributed by atoms with Crippen molar-refractivity contribution in [2.45, 2.75) is 52.3 Å². The fourth-order valence-corrected chi connectivity index (χ4v) is 3.40. The molecule has 0 aliphatic heterocycles. The van der Waals surface area contributed by atoms with Crippen molar-refractivity contribution in [3.8, 4) is 0 Å². The lowest BCUT2D eigenvalue weighted by atomic mass is 10.1. The Morgan fingerprint density at radius 3 is 2.58 bits per heavy atom. The van der Waals surface area contributed by atoms with Crippen LogP contribution in [-0.2, 0) is 22.5 Å². The van der Waals surface area contributed by atoms with E-state index in [4.69, 9.17) is 4.74 Å². The van der Waals surface area contributed by atoms with Gasteiger partial charge in [0.05, 0.1) is 12.0 Å². The van der Waals surface area contributed by atoms with Gasteiger partial charge in [0.25, 0.3) is 0 Å². The molecule has 0 radical (unpaired) electrons. The molecule has 0 bridgehead atoms. The van der Waals surface area contributed by atoms with Crippen molar-refractivity contribution in [3.63, 3.8) is 0 Å². The lowest BCUT2D eigenvalue weighted by Gasteiger charge is -2.22. The van der Waals surface area contributed by atoms with E-state index in [0.29, 0.717) is 17.4 Å². The zero-order valence-electron chi connectivity index (χ0n) is 18.0. The van der Waals surface area contributed by atoms with Gasteiger partial charge < -0.3 is 14.6 Å². The summed E-state index contributed by atoms with van der Waals surface area (Å²) in [4.78, 5) is 29.5. The standard InChI is InChI=1S/C21H26N6O3S/c1-14-25-26-19(31-14)24-18(28)17(23-20(29)30-21(2,3)4)10-16-12-27(13-22-16)11-15-8-6-5-7-9-15/h5-9,12-13,17H,10-11H2,1-4H3,(H,23,29)(H,24,26,28)/t17-/m0/s1. The number of nitrogens with zero attached hydrogens (tertiary/aromatic N) is 4. The predicted octanol–water partition coefficient (Wildman–Crippen LogP) is 3.17. The number of anilines is 1. The molecule has 164 valence electrons. The molecule has 0 aliphatic rings. The molecule has 3 rings (SSSR count). The quantitative estimate of drug-likeness (QED) is 0.581. The highest BCUT2D eigenvalue weighted by Crippen LogP contribution is 2.15. The van der Waals surface area contributed by atoms with Crippen LogP contribution in [0.4, 0.5) is 9.93 Å². The zero-order valence-corrected chi connectivity index (χ0v) is 18.8. The minimum Gasteiger partial charge on any atom is -0.444 e. The third kappa shape index (κ3) is 7.18. The lowest BCUT2D eigenvalue weighted by Crippen LogP contribution is -2.47. The maximum atomic E-state index is 12.8. The minimum absolute atomic E-state index is 0.199. The molecule has 2 aromatic heterocycles. The predicted molar refractivity (Wildman–Crippen MR) is 118 cm³/mol. The van der Waals surface area contributed by atoms with Crippen LogP contribution in [0.3, 0.4) is 0 Å². The van der Waals surface area contributed by atoms with Crippen LogP contribution >= 0.6 is 11.3 Å². The molecular formula is C21H26N6O3S. The Morgan fingerprint density at radius 2 is 1.94 bits per heavy atom. The number of aryl methyl sites for hydroxylation is 1. The summed E-state index contributed by atoms with van der Waals surface area (Å²) in [5, 5.41) is 14.2. The first-order chi connectivity index (χ1) is 14.7. The Bertz CT molecular complexity index is 1030. The highest BCUT2D eigenvalue weighted by molar-refractivity contribution is 7.15. The van der Waals surface area contributed by atoms with Crippen molar-refractivity contribution in [2.75, 3.05) is 5.32 Å². The number of carbonyl (C=O) groups excluding carboxylic acids is 2. The number of carbonyl (C=O) groups is 2. The van der Waals surface area contributed by atoms with Gasteiger partial charge in [-0.2, -0.15) is 0 Å². The summed E-state index contributed by atoms with van der Waals surface area (Å²) in [5.74, 6) is -0.417. The first-order valence-corrected chi connectivity index (χ1v) is 10.6. The number of imidazole rings is 1. The Kier molecular flexibility index (Phi) is 7.01. The average Bonchev–Trinajstić information content (AvgIpc) is 3.29. The topological polar surface area (TPSA) is 111 Å². The molecule has 2 amide bonds. The minimum atomic E-state index is -0.890. The largest absolute Gasteiger partial charge is 0.444 e. The van der Waals surface area contributed by atoms with Gasteiger partial charge in [-0.3, -0.25) is 10.1 Å². The molecule has 0 aliphatic carbocycles. The van der Waals surface area contributed by atoms with Gasteiger partial charge in [-0.25, -0.2) is 9.78 Å². The van der Waals surface area contributed by atoms with Crippen LogP contribution in [0.1, 0.15) is 37.0 Å².